The molecule has 1 N–H and O–H groups in total. The topological polar surface area (TPSA) is 20.2 Å². The fourth-order valence-electron chi connectivity index (χ4n) is 0.644. The molecule has 0 radical (unpaired) electrons. The Morgan fingerprint density at radius 1 is 1.44 bits per heavy atom. The summed E-state index contributed by atoms with van der Waals surface area (Å²) in [6.45, 7) is 4.60. The monoisotopic (exact) mass is 164 g/mol. The Balaban J connectivity index is 0. The Labute approximate surface area is 72.7 Å². The summed E-state index contributed by atoms with van der Waals surface area (Å²) in [6.07, 6.45) is 3.67. The number of hydrogen-bond donors (Lipinski definition) is 1. The molecule has 0 aliphatic carbocycles. The van der Waals surface area contributed by atoms with E-state index in [1.54, 1.807) is 0 Å². The van der Waals surface area contributed by atoms with Gasteiger partial charge in [-0.05, 0) is 12.3 Å². The van der Waals surface area contributed by atoms with E-state index in [-0.39, 0.29) is 21.7 Å². The molecule has 1 nitrogen and oxygen atoms in total. The maximum Gasteiger partial charge on any atom is 0.0456 e. The number of hydrogen-bond acceptors (Lipinski definition) is 1. The number of aliphatic hydroxyl groups excluding tert-OH is 1. The summed E-state index contributed by atoms with van der Waals surface area (Å²) in [5.41, 5.74) is 0. The molecule has 0 saturated heterocycles. The van der Waals surface area contributed by atoms with Gasteiger partial charge in [-0.15, -0.1) is 0 Å². The van der Waals surface area contributed by atoms with Crippen LogP contribution in [0.5, 0.6) is 0 Å². The number of aliphatic hydroxyl groups is 1. The van der Waals surface area contributed by atoms with Crippen molar-refractivity contribution in [2.24, 2.45) is 5.92 Å². The van der Waals surface area contributed by atoms with Crippen molar-refractivity contribution in [3.05, 3.63) is 0 Å². The molecule has 0 aliphatic heterocycles. The normalized spacial score (nSPS) is 12.3. The zero-order chi connectivity index (χ0) is 6.41. The summed E-state index contributed by atoms with van der Waals surface area (Å²) >= 11 is 0. The molecule has 1 atom stereocenters. The Kier molecular flexibility index (Phi) is 11.9. The predicted molar refractivity (Wildman–Crippen MR) is 35.8 cm³/mol. The molecule has 54 valence electrons. The molecular formula is C7H16OTi. The van der Waals surface area contributed by atoms with Crippen LogP contribution in [0.1, 0.15) is 33.1 Å². The van der Waals surface area contributed by atoms with Crippen molar-refractivity contribution in [1.82, 2.24) is 0 Å². The average Bonchev–Trinajstić information content (AvgIpc) is 1.83. The summed E-state index contributed by atoms with van der Waals surface area (Å²) < 4.78 is 0. The van der Waals surface area contributed by atoms with Crippen LogP contribution in [0.2, 0.25) is 0 Å². The van der Waals surface area contributed by atoms with Gasteiger partial charge in [0.25, 0.3) is 0 Å². The zero-order valence-corrected chi connectivity index (χ0v) is 7.91. The Bertz CT molecular complexity index is 48.2. The quantitative estimate of drug-likeness (QED) is 0.628. The minimum absolute atomic E-state index is 0. The first-order valence-electron chi connectivity index (χ1n) is 3.42. The average molecular weight is 164 g/mol. The van der Waals surface area contributed by atoms with E-state index in [0.717, 1.165) is 0 Å². The van der Waals surface area contributed by atoms with E-state index >= 15 is 0 Å². The molecule has 2 heteroatoms. The summed E-state index contributed by atoms with van der Waals surface area (Å²) in [4.78, 5) is 0. The third-order valence-corrected chi connectivity index (χ3v) is 1.36. The predicted octanol–water partition coefficient (Wildman–Crippen LogP) is 1.80. The van der Waals surface area contributed by atoms with Crippen molar-refractivity contribution < 1.29 is 26.8 Å². The van der Waals surface area contributed by atoms with Crippen LogP contribution >= 0.6 is 0 Å². The van der Waals surface area contributed by atoms with E-state index in [9.17, 15) is 0 Å². The van der Waals surface area contributed by atoms with Crippen LogP contribution < -0.4 is 0 Å². The van der Waals surface area contributed by atoms with Gasteiger partial charge < -0.3 is 5.11 Å². The Morgan fingerprint density at radius 2 is 2.00 bits per heavy atom. The van der Waals surface area contributed by atoms with Gasteiger partial charge in [-0.1, -0.05) is 26.7 Å². The third-order valence-electron chi connectivity index (χ3n) is 1.36. The van der Waals surface area contributed by atoms with E-state index < -0.39 is 0 Å². The molecule has 0 aromatic carbocycles. The second-order valence-electron chi connectivity index (χ2n) is 2.43. The van der Waals surface area contributed by atoms with Gasteiger partial charge in [0.1, 0.15) is 0 Å². The van der Waals surface area contributed by atoms with Crippen LogP contribution in [-0.2, 0) is 21.7 Å². The van der Waals surface area contributed by atoms with Crippen LogP contribution in [-0.4, -0.2) is 11.7 Å². The molecule has 1 unspecified atom stereocenters. The molecule has 0 aromatic rings. The minimum Gasteiger partial charge on any atom is -0.396 e. The SMILES string of the molecule is CCCCC(C)CO.[Ti]. The second kappa shape index (κ2) is 8.67. The summed E-state index contributed by atoms with van der Waals surface area (Å²) in [7, 11) is 0. The van der Waals surface area contributed by atoms with Crippen LogP contribution in [0.25, 0.3) is 0 Å². The van der Waals surface area contributed by atoms with Crippen LogP contribution in [0.4, 0.5) is 0 Å². The first-order chi connectivity index (χ1) is 3.81. The van der Waals surface area contributed by atoms with E-state index in [0.29, 0.717) is 12.5 Å². The fourth-order valence-corrected chi connectivity index (χ4v) is 0.644. The van der Waals surface area contributed by atoms with Gasteiger partial charge in [-0.25, -0.2) is 0 Å². The zero-order valence-electron chi connectivity index (χ0n) is 6.35. The molecule has 0 amide bonds. The van der Waals surface area contributed by atoms with Gasteiger partial charge in [0.05, 0.1) is 0 Å². The van der Waals surface area contributed by atoms with E-state index in [1.807, 2.05) is 0 Å². The molecule has 0 spiro atoms. The summed E-state index contributed by atoms with van der Waals surface area (Å²) in [5.74, 6) is 0.509. The van der Waals surface area contributed by atoms with Crippen molar-refractivity contribution in [2.75, 3.05) is 6.61 Å². The van der Waals surface area contributed by atoms with Gasteiger partial charge >= 0.3 is 0 Å². The van der Waals surface area contributed by atoms with E-state index in [1.165, 1.54) is 19.3 Å². The van der Waals surface area contributed by atoms with Crippen molar-refractivity contribution in [1.29, 1.82) is 0 Å². The van der Waals surface area contributed by atoms with Gasteiger partial charge in [0, 0.05) is 28.3 Å². The fraction of sp³-hybridized carbons (Fsp3) is 1.00. The molecular weight excluding hydrogens is 148 g/mol. The van der Waals surface area contributed by atoms with Crippen LogP contribution in [0.15, 0.2) is 0 Å². The Hall–Kier alpha value is 0.674. The van der Waals surface area contributed by atoms with Crippen molar-refractivity contribution in [3.8, 4) is 0 Å². The van der Waals surface area contributed by atoms with Crippen LogP contribution in [0.3, 0.4) is 0 Å². The summed E-state index contributed by atoms with van der Waals surface area (Å²) in [5, 5.41) is 8.56. The molecule has 0 saturated carbocycles. The molecule has 0 heterocycles. The van der Waals surface area contributed by atoms with Crippen molar-refractivity contribution in [3.63, 3.8) is 0 Å². The smallest absolute Gasteiger partial charge is 0.0456 e. The van der Waals surface area contributed by atoms with Gasteiger partial charge in [-0.3, -0.25) is 0 Å². The molecule has 0 bridgehead atoms. The van der Waals surface area contributed by atoms with Crippen molar-refractivity contribution in [2.45, 2.75) is 33.1 Å². The molecule has 0 fully saturated rings. The molecule has 0 aromatic heterocycles. The standard InChI is InChI=1S/C7H16O.Ti/c1-3-4-5-7(2)6-8;/h7-8H,3-6H2,1-2H3;. The number of rotatable bonds is 4. The van der Waals surface area contributed by atoms with E-state index in [4.69, 9.17) is 5.11 Å². The first-order valence-corrected chi connectivity index (χ1v) is 3.42. The maximum atomic E-state index is 8.56. The summed E-state index contributed by atoms with van der Waals surface area (Å²) in [6, 6.07) is 0. The van der Waals surface area contributed by atoms with Gasteiger partial charge in [-0.2, -0.15) is 0 Å². The molecule has 0 rings (SSSR count). The van der Waals surface area contributed by atoms with Gasteiger partial charge in [0.15, 0.2) is 0 Å². The van der Waals surface area contributed by atoms with E-state index in [2.05, 4.69) is 13.8 Å². The molecule has 0 aliphatic rings. The Morgan fingerprint density at radius 3 is 2.33 bits per heavy atom. The number of unbranched alkanes of at least 4 members (excludes halogenated alkanes) is 1. The molecule has 9 heavy (non-hydrogen) atoms. The maximum absolute atomic E-state index is 8.56. The minimum atomic E-state index is 0. The second-order valence-corrected chi connectivity index (χ2v) is 2.43. The van der Waals surface area contributed by atoms with Crippen molar-refractivity contribution >= 4 is 0 Å². The largest absolute Gasteiger partial charge is 0.396 e. The van der Waals surface area contributed by atoms with Crippen LogP contribution in [0, 0.1) is 5.92 Å². The first kappa shape index (κ1) is 12.4. The van der Waals surface area contributed by atoms with Gasteiger partial charge in [0.2, 0.25) is 0 Å². The third kappa shape index (κ3) is 8.67.